The van der Waals surface area contributed by atoms with Gasteiger partial charge in [-0.25, -0.2) is 0 Å². The molecule has 0 atom stereocenters. The zero-order valence-electron chi connectivity index (χ0n) is 17.9. The maximum atomic E-state index is 13.5. The lowest BCUT2D eigenvalue weighted by atomic mass is 10.1. The van der Waals surface area contributed by atoms with Crippen molar-refractivity contribution in [3.8, 4) is 5.75 Å². The highest BCUT2D eigenvalue weighted by Gasteiger charge is 2.31. The van der Waals surface area contributed by atoms with Crippen LogP contribution in [-0.2, 0) is 4.79 Å². The van der Waals surface area contributed by atoms with Gasteiger partial charge in [0.15, 0.2) is 0 Å². The maximum Gasteiger partial charge on any atom is 0.262 e. The quantitative estimate of drug-likeness (QED) is 0.416. The minimum Gasteiger partial charge on any atom is -0.494 e. The summed E-state index contributed by atoms with van der Waals surface area (Å²) in [4.78, 5) is 15.3. The van der Waals surface area contributed by atoms with Gasteiger partial charge in [-0.05, 0) is 79.9 Å². The van der Waals surface area contributed by atoms with Crippen molar-refractivity contribution in [2.75, 3.05) is 11.5 Å². The molecule has 0 saturated carbocycles. The molecular weight excluding hydrogens is 406 g/mol. The monoisotopic (exact) mass is 429 g/mol. The van der Waals surface area contributed by atoms with E-state index in [4.69, 9.17) is 16.3 Å². The summed E-state index contributed by atoms with van der Waals surface area (Å²) in [6.07, 6.45) is 3.86. The van der Waals surface area contributed by atoms with E-state index >= 15 is 0 Å². The van der Waals surface area contributed by atoms with Crippen LogP contribution < -0.4 is 9.64 Å². The van der Waals surface area contributed by atoms with Crippen molar-refractivity contribution in [2.24, 2.45) is 0 Å². The Morgan fingerprint density at radius 2 is 1.68 bits per heavy atom. The number of carbonyl (C=O) groups excluding carboxylic acids is 1. The van der Waals surface area contributed by atoms with Gasteiger partial charge in [-0.1, -0.05) is 53.6 Å². The third kappa shape index (κ3) is 4.42. The fraction of sp³-hybridized carbons (Fsp3) is 0.148. The van der Waals surface area contributed by atoms with Crippen LogP contribution in [0.2, 0.25) is 5.02 Å². The highest BCUT2D eigenvalue weighted by atomic mass is 35.5. The summed E-state index contributed by atoms with van der Waals surface area (Å²) in [5, 5.41) is 0.664. The van der Waals surface area contributed by atoms with Crippen LogP contribution in [0.3, 0.4) is 0 Å². The largest absolute Gasteiger partial charge is 0.494 e. The Morgan fingerprint density at radius 3 is 2.32 bits per heavy atom. The second-order valence-corrected chi connectivity index (χ2v) is 8.01. The number of hydrogen-bond donors (Lipinski definition) is 0. The summed E-state index contributed by atoms with van der Waals surface area (Å²) in [6, 6.07) is 21.5. The number of hydrogen-bond acceptors (Lipinski definition) is 2. The molecule has 0 radical (unpaired) electrons. The van der Waals surface area contributed by atoms with E-state index in [1.54, 1.807) is 4.90 Å². The number of rotatable bonds is 5. The Bertz CT molecular complexity index is 1170. The number of nitrogens with zero attached hydrogens (tertiary/aromatic N) is 1. The number of amides is 1. The Balaban J connectivity index is 1.78. The van der Waals surface area contributed by atoms with Crippen molar-refractivity contribution < 1.29 is 9.53 Å². The molecule has 0 aliphatic carbocycles. The van der Waals surface area contributed by atoms with E-state index in [0.29, 0.717) is 17.2 Å². The summed E-state index contributed by atoms with van der Waals surface area (Å²) in [6.45, 7) is 6.66. The number of anilines is 1. The average Bonchev–Trinajstić information content (AvgIpc) is 3.06. The third-order valence-corrected chi connectivity index (χ3v) is 5.48. The molecule has 4 rings (SSSR count). The SMILES string of the molecule is CCOc1ccc(/C=C2\C=C(c3ccc(Cl)cc3)N(c3ccc(C)cc3C)C2=O)cc1. The Hall–Kier alpha value is -3.30. The van der Waals surface area contributed by atoms with E-state index in [2.05, 4.69) is 13.0 Å². The second-order valence-electron chi connectivity index (χ2n) is 7.57. The molecule has 3 nitrogen and oxygen atoms in total. The van der Waals surface area contributed by atoms with Gasteiger partial charge < -0.3 is 4.74 Å². The first kappa shape index (κ1) is 21.0. The van der Waals surface area contributed by atoms with Gasteiger partial charge in [0.05, 0.1) is 18.0 Å². The standard InChI is InChI=1S/C27H24ClNO2/c1-4-31-24-12-6-20(7-13-24)16-22-17-26(21-8-10-23(28)11-9-21)29(27(22)30)25-14-5-18(2)15-19(25)3/h5-17H,4H2,1-3H3/b22-16+. The van der Waals surface area contributed by atoms with E-state index in [9.17, 15) is 4.79 Å². The minimum atomic E-state index is -0.0502. The Kier molecular flexibility index (Phi) is 5.97. The lowest BCUT2D eigenvalue weighted by Crippen LogP contribution is -2.25. The van der Waals surface area contributed by atoms with Crippen molar-refractivity contribution in [1.29, 1.82) is 0 Å². The summed E-state index contributed by atoms with van der Waals surface area (Å²) in [5.74, 6) is 0.766. The molecule has 0 N–H and O–H groups in total. The number of ether oxygens (including phenoxy) is 1. The van der Waals surface area contributed by atoms with E-state index in [-0.39, 0.29) is 5.91 Å². The lowest BCUT2D eigenvalue weighted by molar-refractivity contribution is -0.113. The molecule has 3 aromatic carbocycles. The Labute approximate surface area is 188 Å². The molecule has 1 amide bonds. The molecule has 4 heteroatoms. The Morgan fingerprint density at radius 1 is 0.968 bits per heavy atom. The van der Waals surface area contributed by atoms with Crippen molar-refractivity contribution in [2.45, 2.75) is 20.8 Å². The van der Waals surface area contributed by atoms with E-state index in [1.165, 1.54) is 0 Å². The van der Waals surface area contributed by atoms with E-state index in [1.807, 2.05) is 86.7 Å². The first-order valence-corrected chi connectivity index (χ1v) is 10.7. The van der Waals surface area contributed by atoms with E-state index in [0.717, 1.165) is 39.4 Å². The molecule has 0 fully saturated rings. The topological polar surface area (TPSA) is 29.5 Å². The molecule has 156 valence electrons. The molecule has 31 heavy (non-hydrogen) atoms. The summed E-state index contributed by atoms with van der Waals surface area (Å²) < 4.78 is 5.52. The number of benzene rings is 3. The number of carbonyl (C=O) groups is 1. The first-order valence-electron chi connectivity index (χ1n) is 10.3. The molecule has 1 aliphatic heterocycles. The second kappa shape index (κ2) is 8.83. The predicted octanol–water partition coefficient (Wildman–Crippen LogP) is 6.83. The zero-order chi connectivity index (χ0) is 22.0. The van der Waals surface area contributed by atoms with Crippen LogP contribution in [0.4, 0.5) is 5.69 Å². The number of halogens is 1. The molecule has 1 aliphatic rings. The minimum absolute atomic E-state index is 0.0502. The molecule has 0 spiro atoms. The molecule has 3 aromatic rings. The molecule has 0 unspecified atom stereocenters. The van der Waals surface area contributed by atoms with Crippen LogP contribution in [0.1, 0.15) is 29.2 Å². The van der Waals surface area contributed by atoms with Gasteiger partial charge >= 0.3 is 0 Å². The van der Waals surface area contributed by atoms with Gasteiger partial charge in [0.25, 0.3) is 5.91 Å². The molecular formula is C27H24ClNO2. The molecule has 0 aromatic heterocycles. The van der Waals surface area contributed by atoms with Gasteiger partial charge in [0.2, 0.25) is 0 Å². The smallest absolute Gasteiger partial charge is 0.262 e. The van der Waals surface area contributed by atoms with Crippen LogP contribution in [0.5, 0.6) is 5.75 Å². The van der Waals surface area contributed by atoms with Crippen LogP contribution in [-0.4, -0.2) is 12.5 Å². The fourth-order valence-corrected chi connectivity index (χ4v) is 3.88. The van der Waals surface area contributed by atoms with Crippen LogP contribution in [0.15, 0.2) is 78.4 Å². The van der Waals surface area contributed by atoms with Crippen LogP contribution in [0, 0.1) is 13.8 Å². The summed E-state index contributed by atoms with van der Waals surface area (Å²) >= 11 is 6.09. The van der Waals surface area contributed by atoms with Gasteiger partial charge in [0.1, 0.15) is 5.75 Å². The lowest BCUT2D eigenvalue weighted by Gasteiger charge is -2.23. The van der Waals surface area contributed by atoms with E-state index < -0.39 is 0 Å². The van der Waals surface area contributed by atoms with Crippen LogP contribution >= 0.6 is 11.6 Å². The summed E-state index contributed by atoms with van der Waals surface area (Å²) in [7, 11) is 0. The maximum absolute atomic E-state index is 13.5. The fourth-order valence-electron chi connectivity index (χ4n) is 3.75. The van der Waals surface area contributed by atoms with Gasteiger partial charge in [0, 0.05) is 10.6 Å². The van der Waals surface area contributed by atoms with Gasteiger partial charge in [-0.3, -0.25) is 9.69 Å². The summed E-state index contributed by atoms with van der Waals surface area (Å²) in [5.41, 5.74) is 6.45. The van der Waals surface area contributed by atoms with Crippen LogP contribution in [0.25, 0.3) is 11.8 Å². The normalized spacial score (nSPS) is 14.8. The van der Waals surface area contributed by atoms with Crippen molar-refractivity contribution >= 4 is 35.0 Å². The average molecular weight is 430 g/mol. The zero-order valence-corrected chi connectivity index (χ0v) is 18.6. The van der Waals surface area contributed by atoms with Crippen molar-refractivity contribution in [1.82, 2.24) is 0 Å². The molecule has 0 saturated heterocycles. The highest BCUT2D eigenvalue weighted by molar-refractivity contribution is 6.30. The predicted molar refractivity (Wildman–Crippen MR) is 128 cm³/mol. The number of aryl methyl sites for hydroxylation is 2. The van der Waals surface area contributed by atoms with Crippen molar-refractivity contribution in [3.05, 3.63) is 106 Å². The highest BCUT2D eigenvalue weighted by Crippen LogP contribution is 2.37. The molecule has 0 bridgehead atoms. The van der Waals surface area contributed by atoms with Crippen molar-refractivity contribution in [3.63, 3.8) is 0 Å². The van der Waals surface area contributed by atoms with Gasteiger partial charge in [-0.2, -0.15) is 0 Å². The van der Waals surface area contributed by atoms with Gasteiger partial charge in [-0.15, -0.1) is 0 Å². The first-order chi connectivity index (χ1) is 15.0. The molecule has 1 heterocycles. The third-order valence-electron chi connectivity index (χ3n) is 5.23.